The largest absolute Gasteiger partial charge is 0.490 e. The molecule has 8 nitrogen and oxygen atoms in total. The second-order valence-corrected chi connectivity index (χ2v) is 10.2. The van der Waals surface area contributed by atoms with Gasteiger partial charge < -0.3 is 24.2 Å². The number of amidine groups is 1. The number of carboxylic acid groups (broad SMARTS) is 1. The molecular weight excluding hydrogens is 479 g/mol. The summed E-state index contributed by atoms with van der Waals surface area (Å²) >= 11 is 0. The van der Waals surface area contributed by atoms with Crippen molar-refractivity contribution in [2.24, 2.45) is 0 Å². The fourth-order valence-electron chi connectivity index (χ4n) is 4.29. The second-order valence-electron chi connectivity index (χ2n) is 10.2. The van der Waals surface area contributed by atoms with Crippen LogP contribution in [0.1, 0.15) is 85.9 Å². The van der Waals surface area contributed by atoms with Gasteiger partial charge in [-0.1, -0.05) is 20.8 Å². The fourth-order valence-corrected chi connectivity index (χ4v) is 4.29. The smallest absolute Gasteiger partial charge is 0.339 e. The van der Waals surface area contributed by atoms with E-state index in [1.807, 2.05) is 20.8 Å². The number of carbonyl (C=O) groups excluding carboxylic acids is 1. The normalized spacial score (nSPS) is 13.1. The van der Waals surface area contributed by atoms with Crippen LogP contribution in [0.15, 0.2) is 18.2 Å². The van der Waals surface area contributed by atoms with Gasteiger partial charge >= 0.3 is 5.97 Å². The highest BCUT2D eigenvalue weighted by atomic mass is 19.1. The lowest BCUT2D eigenvalue weighted by Crippen LogP contribution is -2.31. The van der Waals surface area contributed by atoms with Crippen LogP contribution in [0.4, 0.5) is 4.39 Å². The molecule has 2 N–H and O–H groups in total. The summed E-state index contributed by atoms with van der Waals surface area (Å²) in [6.07, 6.45) is -0.262. The molecule has 0 bridgehead atoms. The zero-order valence-electron chi connectivity index (χ0n) is 22.5. The number of carbonyl (C=O) groups is 2. The number of nitrogens with one attached hydrogen (secondary N) is 1. The van der Waals surface area contributed by atoms with Gasteiger partial charge in [-0.25, -0.2) is 9.18 Å². The van der Waals surface area contributed by atoms with Gasteiger partial charge in [0.25, 0.3) is 0 Å². The molecule has 0 aromatic heterocycles. The van der Waals surface area contributed by atoms with Crippen molar-refractivity contribution in [3.05, 3.63) is 51.8 Å². The molecule has 2 aromatic rings. The number of fused-ring (bicyclic) bond motifs is 1. The molecular formula is C28H35FN2O6. The number of halogens is 1. The standard InChI is InChI=1S/C28H35FN2O6/c1-8-35-21-12-17-13-31(26(30)22(17)23(29)25(21)36-9-2)14-20(32)16-10-18(27(33)34)24(37-15(3)4)19(11-16)28(5,6)7/h10-12,15,30H,8-9,13-14H2,1-7H3,(H,33,34). The maximum atomic E-state index is 15.4. The van der Waals surface area contributed by atoms with Crippen LogP contribution in [0.2, 0.25) is 0 Å². The number of rotatable bonds is 10. The van der Waals surface area contributed by atoms with Crippen LogP contribution in [0.5, 0.6) is 17.2 Å². The van der Waals surface area contributed by atoms with Gasteiger partial charge in [0, 0.05) is 17.7 Å². The van der Waals surface area contributed by atoms with Gasteiger partial charge in [0.15, 0.2) is 23.1 Å². The molecule has 1 heterocycles. The van der Waals surface area contributed by atoms with Crippen molar-refractivity contribution in [3.63, 3.8) is 0 Å². The first-order chi connectivity index (χ1) is 17.3. The Labute approximate surface area is 216 Å². The monoisotopic (exact) mass is 514 g/mol. The molecule has 0 fully saturated rings. The first-order valence-corrected chi connectivity index (χ1v) is 12.4. The molecule has 0 aliphatic carbocycles. The molecule has 0 saturated heterocycles. The molecule has 37 heavy (non-hydrogen) atoms. The fraction of sp³-hybridized carbons (Fsp3) is 0.464. The van der Waals surface area contributed by atoms with Crippen molar-refractivity contribution in [3.8, 4) is 17.2 Å². The lowest BCUT2D eigenvalue weighted by Gasteiger charge is -2.26. The average molecular weight is 515 g/mol. The number of ether oxygens (including phenoxy) is 3. The van der Waals surface area contributed by atoms with Crippen LogP contribution < -0.4 is 14.2 Å². The zero-order valence-corrected chi connectivity index (χ0v) is 22.5. The first kappa shape index (κ1) is 28.0. The Balaban J connectivity index is 1.99. The van der Waals surface area contributed by atoms with Gasteiger partial charge in [0.05, 0.1) is 31.4 Å². The molecule has 2 aromatic carbocycles. The predicted molar refractivity (Wildman–Crippen MR) is 138 cm³/mol. The number of benzene rings is 2. The summed E-state index contributed by atoms with van der Waals surface area (Å²) in [6.45, 7) is 13.3. The van der Waals surface area contributed by atoms with Gasteiger partial charge in [0.1, 0.15) is 17.1 Å². The highest BCUT2D eigenvalue weighted by molar-refractivity contribution is 6.07. The van der Waals surface area contributed by atoms with E-state index in [2.05, 4.69) is 0 Å². The Kier molecular flexibility index (Phi) is 8.15. The highest BCUT2D eigenvalue weighted by Crippen LogP contribution is 2.40. The van der Waals surface area contributed by atoms with Crippen LogP contribution in [0.25, 0.3) is 0 Å². The van der Waals surface area contributed by atoms with E-state index in [4.69, 9.17) is 19.6 Å². The third kappa shape index (κ3) is 5.70. The van der Waals surface area contributed by atoms with Crippen LogP contribution in [-0.2, 0) is 12.0 Å². The van der Waals surface area contributed by atoms with E-state index in [0.29, 0.717) is 17.7 Å². The van der Waals surface area contributed by atoms with E-state index in [1.165, 1.54) is 11.0 Å². The third-order valence-corrected chi connectivity index (χ3v) is 5.91. The summed E-state index contributed by atoms with van der Waals surface area (Å²) in [5.41, 5.74) is 0.769. The van der Waals surface area contributed by atoms with Gasteiger partial charge in [-0.05, 0) is 56.9 Å². The molecule has 0 amide bonds. The van der Waals surface area contributed by atoms with Gasteiger partial charge in [-0.15, -0.1) is 0 Å². The van der Waals surface area contributed by atoms with E-state index in [0.717, 1.165) is 0 Å². The van der Waals surface area contributed by atoms with Crippen molar-refractivity contribution < 1.29 is 33.3 Å². The van der Waals surface area contributed by atoms with E-state index in [9.17, 15) is 14.7 Å². The number of aromatic carboxylic acids is 1. The number of ketones is 1. The van der Waals surface area contributed by atoms with E-state index in [-0.39, 0.29) is 65.6 Å². The summed E-state index contributed by atoms with van der Waals surface area (Å²) in [4.78, 5) is 27.0. The van der Waals surface area contributed by atoms with Crippen molar-refractivity contribution in [2.45, 2.75) is 66.5 Å². The first-order valence-electron chi connectivity index (χ1n) is 12.4. The Morgan fingerprint density at radius 2 is 1.76 bits per heavy atom. The van der Waals surface area contributed by atoms with Crippen LogP contribution in [-0.4, -0.2) is 53.5 Å². The lowest BCUT2D eigenvalue weighted by atomic mass is 9.83. The lowest BCUT2D eigenvalue weighted by molar-refractivity contribution is 0.0690. The zero-order chi connectivity index (χ0) is 27.7. The molecule has 0 spiro atoms. The molecule has 9 heteroatoms. The van der Waals surface area contributed by atoms with Crippen molar-refractivity contribution in [2.75, 3.05) is 19.8 Å². The Bertz CT molecular complexity index is 1230. The van der Waals surface area contributed by atoms with Gasteiger partial charge in [0.2, 0.25) is 0 Å². The molecule has 3 rings (SSSR count). The number of nitrogens with zero attached hydrogens (tertiary/aromatic N) is 1. The molecule has 0 saturated carbocycles. The van der Waals surface area contributed by atoms with Crippen molar-refractivity contribution in [1.29, 1.82) is 5.41 Å². The molecule has 0 radical (unpaired) electrons. The summed E-state index contributed by atoms with van der Waals surface area (Å²) in [7, 11) is 0. The second kappa shape index (κ2) is 10.8. The SMILES string of the molecule is CCOc1cc2c(c(F)c1OCC)C(=N)N(CC(=O)c1cc(C(=O)O)c(OC(C)C)c(C(C)(C)C)c1)C2. The Hall–Kier alpha value is -3.62. The highest BCUT2D eigenvalue weighted by Gasteiger charge is 2.34. The van der Waals surface area contributed by atoms with E-state index in [1.54, 1.807) is 39.8 Å². The molecule has 0 unspecified atom stereocenters. The maximum absolute atomic E-state index is 15.4. The Morgan fingerprint density at radius 1 is 1.11 bits per heavy atom. The minimum absolute atomic E-state index is 0.0531. The van der Waals surface area contributed by atoms with E-state index < -0.39 is 23.0 Å². The minimum atomic E-state index is -1.20. The minimum Gasteiger partial charge on any atom is -0.490 e. The molecule has 1 aliphatic rings. The average Bonchev–Trinajstić information content (AvgIpc) is 3.10. The summed E-state index contributed by atoms with van der Waals surface area (Å²) < 4.78 is 32.2. The topological polar surface area (TPSA) is 109 Å². The summed E-state index contributed by atoms with van der Waals surface area (Å²) in [6, 6.07) is 4.61. The van der Waals surface area contributed by atoms with Crippen molar-refractivity contribution >= 4 is 17.6 Å². The van der Waals surface area contributed by atoms with Gasteiger partial charge in [-0.3, -0.25) is 10.2 Å². The maximum Gasteiger partial charge on any atom is 0.339 e. The third-order valence-electron chi connectivity index (χ3n) is 5.91. The summed E-state index contributed by atoms with van der Waals surface area (Å²) in [5.74, 6) is -1.99. The summed E-state index contributed by atoms with van der Waals surface area (Å²) in [5, 5.41) is 18.5. The predicted octanol–water partition coefficient (Wildman–Crippen LogP) is 5.43. The van der Waals surface area contributed by atoms with Crippen LogP contribution in [0, 0.1) is 11.2 Å². The number of hydrogen-bond donors (Lipinski definition) is 2. The number of hydrogen-bond acceptors (Lipinski definition) is 6. The van der Waals surface area contributed by atoms with Crippen LogP contribution in [0.3, 0.4) is 0 Å². The van der Waals surface area contributed by atoms with Crippen LogP contribution >= 0.6 is 0 Å². The Morgan fingerprint density at radius 3 is 2.30 bits per heavy atom. The van der Waals surface area contributed by atoms with E-state index >= 15 is 4.39 Å². The van der Waals surface area contributed by atoms with Gasteiger partial charge in [-0.2, -0.15) is 0 Å². The number of carboxylic acids is 1. The van der Waals surface area contributed by atoms with Crippen molar-refractivity contribution in [1.82, 2.24) is 4.90 Å². The number of Topliss-reactive ketones (excluding diaryl/α,β-unsaturated/α-hetero) is 1. The molecule has 200 valence electrons. The quantitative estimate of drug-likeness (QED) is 0.407. The molecule has 0 atom stereocenters. The molecule has 1 aliphatic heterocycles.